The molecule has 4 heteroatoms. The lowest BCUT2D eigenvalue weighted by Gasteiger charge is -2.06. The van der Waals surface area contributed by atoms with Crippen molar-refractivity contribution in [1.29, 1.82) is 5.26 Å². The van der Waals surface area contributed by atoms with Crippen LogP contribution in [0.4, 0.5) is 0 Å². The molecule has 0 radical (unpaired) electrons. The first kappa shape index (κ1) is 13.7. The molecule has 4 aromatic rings. The van der Waals surface area contributed by atoms with Crippen LogP contribution in [0, 0.1) is 11.3 Å². The third-order valence-corrected chi connectivity index (χ3v) is 4.01. The topological polar surface area (TPSA) is 49.6 Å². The monoisotopic (exact) mass is 315 g/mol. The summed E-state index contributed by atoms with van der Waals surface area (Å²) in [6, 6.07) is 21.3. The molecular weight excluding hydrogens is 306 g/mol. The Morgan fingerprint density at radius 3 is 2.04 bits per heavy atom. The molecule has 108 valence electrons. The number of rotatable bonds is 1. The van der Waals surface area contributed by atoms with E-state index in [1.165, 1.54) is 0 Å². The molecule has 0 fully saturated rings. The van der Waals surface area contributed by atoms with Crippen LogP contribution in [0.2, 0.25) is 5.15 Å². The van der Waals surface area contributed by atoms with E-state index >= 15 is 0 Å². The standard InChI is InChI=1S/C19H10ClN3/c20-17-10-8-15-6-5-14-7-9-16(22-18(14)19(15)23-17)13-3-1-12(11-21)2-4-13/h1-10H. The Kier molecular flexibility index (Phi) is 3.18. The molecule has 0 aliphatic rings. The van der Waals surface area contributed by atoms with Crippen molar-refractivity contribution in [3.63, 3.8) is 0 Å². The molecule has 0 saturated carbocycles. The van der Waals surface area contributed by atoms with Crippen molar-refractivity contribution in [2.24, 2.45) is 0 Å². The largest absolute Gasteiger partial charge is 0.245 e. The Bertz CT molecular complexity index is 1080. The van der Waals surface area contributed by atoms with Crippen LogP contribution < -0.4 is 0 Å². The Hall–Kier alpha value is -2.96. The Labute approximate surface area is 137 Å². The first-order valence-electron chi connectivity index (χ1n) is 7.11. The molecular formula is C19H10ClN3. The van der Waals surface area contributed by atoms with E-state index in [9.17, 15) is 0 Å². The highest BCUT2D eigenvalue weighted by atomic mass is 35.5. The first-order chi connectivity index (χ1) is 11.2. The molecule has 0 atom stereocenters. The predicted octanol–water partition coefficient (Wildman–Crippen LogP) is 4.98. The van der Waals surface area contributed by atoms with Crippen molar-refractivity contribution in [1.82, 2.24) is 9.97 Å². The van der Waals surface area contributed by atoms with Gasteiger partial charge in [-0.05, 0) is 30.3 Å². The number of fused-ring (bicyclic) bond motifs is 3. The number of pyridine rings is 2. The van der Waals surface area contributed by atoms with E-state index in [0.717, 1.165) is 33.1 Å². The van der Waals surface area contributed by atoms with E-state index in [-0.39, 0.29) is 0 Å². The summed E-state index contributed by atoms with van der Waals surface area (Å²) in [4.78, 5) is 9.19. The molecule has 0 unspecified atom stereocenters. The molecule has 3 nitrogen and oxygen atoms in total. The van der Waals surface area contributed by atoms with E-state index in [2.05, 4.69) is 11.1 Å². The fraction of sp³-hybridized carbons (Fsp3) is 0. The van der Waals surface area contributed by atoms with Crippen molar-refractivity contribution < 1.29 is 0 Å². The highest BCUT2D eigenvalue weighted by Gasteiger charge is 2.07. The van der Waals surface area contributed by atoms with Gasteiger partial charge in [-0.3, -0.25) is 0 Å². The summed E-state index contributed by atoms with van der Waals surface area (Å²) in [5.74, 6) is 0. The molecule has 0 N–H and O–H groups in total. The first-order valence-corrected chi connectivity index (χ1v) is 7.49. The lowest BCUT2D eigenvalue weighted by Crippen LogP contribution is -1.89. The summed E-state index contributed by atoms with van der Waals surface area (Å²) < 4.78 is 0. The number of aromatic nitrogens is 2. The summed E-state index contributed by atoms with van der Waals surface area (Å²) in [7, 11) is 0. The lowest BCUT2D eigenvalue weighted by molar-refractivity contribution is 1.37. The van der Waals surface area contributed by atoms with E-state index in [1.54, 1.807) is 18.2 Å². The molecule has 0 bridgehead atoms. The van der Waals surface area contributed by atoms with Crippen molar-refractivity contribution in [2.75, 3.05) is 0 Å². The highest BCUT2D eigenvalue weighted by molar-refractivity contribution is 6.30. The SMILES string of the molecule is N#Cc1ccc(-c2ccc3ccc4ccc(Cl)nc4c3n2)cc1. The van der Waals surface area contributed by atoms with Crippen LogP contribution in [0.5, 0.6) is 0 Å². The zero-order valence-electron chi connectivity index (χ0n) is 12.0. The van der Waals surface area contributed by atoms with Crippen LogP contribution in [0.25, 0.3) is 33.1 Å². The van der Waals surface area contributed by atoms with Gasteiger partial charge in [0.05, 0.1) is 28.4 Å². The number of hydrogen-bond donors (Lipinski definition) is 0. The molecule has 0 aliphatic carbocycles. The third-order valence-electron chi connectivity index (χ3n) is 3.80. The third kappa shape index (κ3) is 2.40. The van der Waals surface area contributed by atoms with Gasteiger partial charge in [0.2, 0.25) is 0 Å². The average molecular weight is 316 g/mol. The zero-order chi connectivity index (χ0) is 15.8. The summed E-state index contributed by atoms with van der Waals surface area (Å²) in [6.45, 7) is 0. The van der Waals surface area contributed by atoms with Gasteiger partial charge in [0.25, 0.3) is 0 Å². The van der Waals surface area contributed by atoms with Crippen LogP contribution in [-0.2, 0) is 0 Å². The lowest BCUT2D eigenvalue weighted by atomic mass is 10.1. The van der Waals surface area contributed by atoms with Crippen LogP contribution in [-0.4, -0.2) is 9.97 Å². The zero-order valence-corrected chi connectivity index (χ0v) is 12.7. The Balaban J connectivity index is 1.96. The number of hydrogen-bond acceptors (Lipinski definition) is 3. The molecule has 0 aliphatic heterocycles. The smallest absolute Gasteiger partial charge is 0.129 e. The van der Waals surface area contributed by atoms with E-state index in [0.29, 0.717) is 10.7 Å². The van der Waals surface area contributed by atoms with Crippen molar-refractivity contribution in [3.8, 4) is 17.3 Å². The molecule has 23 heavy (non-hydrogen) atoms. The van der Waals surface area contributed by atoms with Crippen LogP contribution in [0.1, 0.15) is 5.56 Å². The number of halogens is 1. The maximum atomic E-state index is 8.90. The van der Waals surface area contributed by atoms with E-state index in [4.69, 9.17) is 21.8 Å². The number of nitriles is 1. The van der Waals surface area contributed by atoms with Gasteiger partial charge in [-0.2, -0.15) is 5.26 Å². The van der Waals surface area contributed by atoms with E-state index < -0.39 is 0 Å². The minimum Gasteiger partial charge on any atom is -0.245 e. The number of benzene rings is 2. The van der Waals surface area contributed by atoms with Gasteiger partial charge in [-0.25, -0.2) is 9.97 Å². The molecule has 2 aromatic heterocycles. The number of nitrogens with zero attached hydrogens (tertiary/aromatic N) is 3. The van der Waals surface area contributed by atoms with Crippen molar-refractivity contribution >= 4 is 33.4 Å². The van der Waals surface area contributed by atoms with Gasteiger partial charge in [0.1, 0.15) is 5.15 Å². The van der Waals surface area contributed by atoms with Gasteiger partial charge < -0.3 is 0 Å². The van der Waals surface area contributed by atoms with E-state index in [1.807, 2.05) is 42.5 Å². The van der Waals surface area contributed by atoms with Crippen LogP contribution >= 0.6 is 11.6 Å². The fourth-order valence-electron chi connectivity index (χ4n) is 2.62. The second-order valence-corrected chi connectivity index (χ2v) is 5.62. The van der Waals surface area contributed by atoms with Crippen molar-refractivity contribution in [2.45, 2.75) is 0 Å². The normalized spacial score (nSPS) is 10.8. The molecule has 0 amide bonds. The molecule has 2 heterocycles. The summed E-state index contributed by atoms with van der Waals surface area (Å²) in [5, 5.41) is 11.4. The van der Waals surface area contributed by atoms with Gasteiger partial charge in [0, 0.05) is 16.3 Å². The quantitative estimate of drug-likeness (QED) is 0.368. The van der Waals surface area contributed by atoms with Crippen LogP contribution in [0.3, 0.4) is 0 Å². The molecule has 4 rings (SSSR count). The summed E-state index contributed by atoms with van der Waals surface area (Å²) in [5.41, 5.74) is 4.06. The minimum absolute atomic E-state index is 0.454. The minimum atomic E-state index is 0.454. The summed E-state index contributed by atoms with van der Waals surface area (Å²) in [6.07, 6.45) is 0. The van der Waals surface area contributed by atoms with Gasteiger partial charge in [-0.1, -0.05) is 41.9 Å². The summed E-state index contributed by atoms with van der Waals surface area (Å²) >= 11 is 6.04. The molecule has 0 saturated heterocycles. The average Bonchev–Trinajstić information content (AvgIpc) is 2.61. The predicted molar refractivity (Wildman–Crippen MR) is 92.2 cm³/mol. The van der Waals surface area contributed by atoms with Gasteiger partial charge in [-0.15, -0.1) is 0 Å². The maximum absolute atomic E-state index is 8.90. The fourth-order valence-corrected chi connectivity index (χ4v) is 2.77. The van der Waals surface area contributed by atoms with Gasteiger partial charge in [0.15, 0.2) is 0 Å². The Morgan fingerprint density at radius 2 is 1.35 bits per heavy atom. The second-order valence-electron chi connectivity index (χ2n) is 5.23. The van der Waals surface area contributed by atoms with Crippen LogP contribution in [0.15, 0.2) is 60.7 Å². The van der Waals surface area contributed by atoms with Crippen molar-refractivity contribution in [3.05, 3.63) is 71.4 Å². The highest BCUT2D eigenvalue weighted by Crippen LogP contribution is 2.27. The maximum Gasteiger partial charge on any atom is 0.129 e. The molecule has 2 aromatic carbocycles. The second kappa shape index (κ2) is 5.35. The Morgan fingerprint density at radius 1 is 0.739 bits per heavy atom. The molecule has 0 spiro atoms. The van der Waals surface area contributed by atoms with Gasteiger partial charge >= 0.3 is 0 Å².